The summed E-state index contributed by atoms with van der Waals surface area (Å²) >= 11 is 0. The number of nitrogens with zero attached hydrogens (tertiary/aromatic N) is 1. The van der Waals surface area contributed by atoms with Crippen molar-refractivity contribution >= 4 is 17.9 Å². The van der Waals surface area contributed by atoms with Crippen molar-refractivity contribution in [2.24, 2.45) is 0 Å². The highest BCUT2D eigenvalue weighted by Crippen LogP contribution is 2.27. The van der Waals surface area contributed by atoms with Crippen molar-refractivity contribution < 1.29 is 14.3 Å². The van der Waals surface area contributed by atoms with E-state index in [4.69, 9.17) is 4.74 Å². The SMILES string of the molecule is CCN1C=C(C(=O)/C=C/c2ccc(OC)cc2)C(c2ccccc2)NC1=O. The van der Waals surface area contributed by atoms with Crippen molar-refractivity contribution in [2.45, 2.75) is 13.0 Å². The molecule has 1 aliphatic heterocycles. The Hall–Kier alpha value is -3.34. The van der Waals surface area contributed by atoms with Crippen LogP contribution in [0.3, 0.4) is 0 Å². The van der Waals surface area contributed by atoms with Gasteiger partial charge in [-0.15, -0.1) is 0 Å². The van der Waals surface area contributed by atoms with Crippen LogP contribution >= 0.6 is 0 Å². The van der Waals surface area contributed by atoms with Crippen molar-refractivity contribution in [3.63, 3.8) is 0 Å². The topological polar surface area (TPSA) is 58.6 Å². The van der Waals surface area contributed by atoms with E-state index in [0.29, 0.717) is 12.1 Å². The van der Waals surface area contributed by atoms with Gasteiger partial charge in [-0.3, -0.25) is 4.79 Å². The van der Waals surface area contributed by atoms with Crippen LogP contribution in [0.15, 0.2) is 72.4 Å². The van der Waals surface area contributed by atoms with Gasteiger partial charge >= 0.3 is 6.03 Å². The summed E-state index contributed by atoms with van der Waals surface area (Å²) in [5.41, 5.74) is 2.31. The summed E-state index contributed by atoms with van der Waals surface area (Å²) in [7, 11) is 1.61. The zero-order chi connectivity index (χ0) is 19.2. The van der Waals surface area contributed by atoms with E-state index in [1.54, 1.807) is 19.4 Å². The van der Waals surface area contributed by atoms with Gasteiger partial charge in [0, 0.05) is 18.3 Å². The molecule has 1 aliphatic rings. The monoisotopic (exact) mass is 362 g/mol. The number of allylic oxidation sites excluding steroid dienone is 1. The minimum atomic E-state index is -0.463. The summed E-state index contributed by atoms with van der Waals surface area (Å²) in [6, 6.07) is 16.3. The van der Waals surface area contributed by atoms with Crippen molar-refractivity contribution in [2.75, 3.05) is 13.7 Å². The summed E-state index contributed by atoms with van der Waals surface area (Å²) in [6.07, 6.45) is 4.95. The summed E-state index contributed by atoms with van der Waals surface area (Å²) in [4.78, 5) is 26.6. The lowest BCUT2D eigenvalue weighted by molar-refractivity contribution is -0.111. The number of hydrogen-bond acceptors (Lipinski definition) is 3. The average molecular weight is 362 g/mol. The second kappa shape index (κ2) is 8.36. The predicted molar refractivity (Wildman–Crippen MR) is 105 cm³/mol. The van der Waals surface area contributed by atoms with Crippen molar-refractivity contribution in [1.82, 2.24) is 10.2 Å². The maximum absolute atomic E-state index is 12.9. The summed E-state index contributed by atoms with van der Waals surface area (Å²) < 4.78 is 5.14. The first-order valence-electron chi connectivity index (χ1n) is 8.82. The highest BCUT2D eigenvalue weighted by atomic mass is 16.5. The van der Waals surface area contributed by atoms with Crippen LogP contribution in [0.5, 0.6) is 5.75 Å². The van der Waals surface area contributed by atoms with Gasteiger partial charge in [0.05, 0.1) is 13.2 Å². The number of ketones is 1. The van der Waals surface area contributed by atoms with E-state index in [2.05, 4.69) is 5.32 Å². The van der Waals surface area contributed by atoms with Gasteiger partial charge in [0.25, 0.3) is 0 Å². The maximum Gasteiger partial charge on any atom is 0.322 e. The number of benzene rings is 2. The molecular formula is C22H22N2O3. The van der Waals surface area contributed by atoms with Crippen LogP contribution in [0.1, 0.15) is 24.1 Å². The molecule has 0 spiro atoms. The van der Waals surface area contributed by atoms with E-state index in [1.165, 1.54) is 11.0 Å². The molecule has 1 heterocycles. The molecule has 1 unspecified atom stereocenters. The minimum absolute atomic E-state index is 0.141. The first-order chi connectivity index (χ1) is 13.1. The van der Waals surface area contributed by atoms with Gasteiger partial charge in [0.1, 0.15) is 5.75 Å². The second-order valence-corrected chi connectivity index (χ2v) is 6.13. The fourth-order valence-electron chi connectivity index (χ4n) is 2.92. The largest absolute Gasteiger partial charge is 0.497 e. The smallest absolute Gasteiger partial charge is 0.322 e. The zero-order valence-electron chi connectivity index (χ0n) is 15.4. The van der Waals surface area contributed by atoms with E-state index < -0.39 is 6.04 Å². The molecule has 0 fully saturated rings. The quantitative estimate of drug-likeness (QED) is 0.792. The van der Waals surface area contributed by atoms with Gasteiger partial charge in [-0.1, -0.05) is 48.5 Å². The fourth-order valence-corrected chi connectivity index (χ4v) is 2.92. The molecule has 0 saturated heterocycles. The molecule has 5 nitrogen and oxygen atoms in total. The van der Waals surface area contributed by atoms with Crippen LogP contribution in [0.2, 0.25) is 0 Å². The first-order valence-corrected chi connectivity index (χ1v) is 8.82. The third kappa shape index (κ3) is 4.26. The van der Waals surface area contributed by atoms with Crippen LogP contribution < -0.4 is 10.1 Å². The number of nitrogens with one attached hydrogen (secondary N) is 1. The lowest BCUT2D eigenvalue weighted by atomic mass is 9.94. The van der Waals surface area contributed by atoms with E-state index >= 15 is 0 Å². The molecule has 3 rings (SSSR count). The van der Waals surface area contributed by atoms with Crippen LogP contribution in [0.4, 0.5) is 4.79 Å². The van der Waals surface area contributed by atoms with E-state index in [9.17, 15) is 9.59 Å². The number of methoxy groups -OCH3 is 1. The van der Waals surface area contributed by atoms with Crippen LogP contribution in [0.25, 0.3) is 6.08 Å². The molecule has 1 atom stereocenters. The van der Waals surface area contributed by atoms with Gasteiger partial charge < -0.3 is 15.0 Å². The van der Waals surface area contributed by atoms with Crippen molar-refractivity contribution in [1.29, 1.82) is 0 Å². The Kier molecular flexibility index (Phi) is 5.71. The number of hydrogen-bond donors (Lipinski definition) is 1. The Morgan fingerprint density at radius 3 is 2.48 bits per heavy atom. The summed E-state index contributed by atoms with van der Waals surface area (Å²) in [5.74, 6) is 0.622. The third-order valence-electron chi connectivity index (χ3n) is 4.44. The van der Waals surface area contributed by atoms with E-state index in [1.807, 2.05) is 61.5 Å². The molecule has 1 N–H and O–H groups in total. The average Bonchev–Trinajstić information content (AvgIpc) is 2.72. The summed E-state index contributed by atoms with van der Waals surface area (Å²) in [6.45, 7) is 2.36. The summed E-state index contributed by atoms with van der Waals surface area (Å²) in [5, 5.41) is 2.93. The van der Waals surface area contributed by atoms with Gasteiger partial charge in [-0.25, -0.2) is 4.79 Å². The molecule has 2 aromatic rings. The number of carbonyl (C=O) groups excluding carboxylic acids is 2. The molecule has 0 aromatic heterocycles. The van der Waals surface area contributed by atoms with Gasteiger partial charge in [-0.05, 0) is 36.3 Å². The Morgan fingerprint density at radius 1 is 1.15 bits per heavy atom. The molecule has 0 bridgehead atoms. The molecule has 2 amide bonds. The Bertz CT molecular complexity index is 870. The lowest BCUT2D eigenvalue weighted by Crippen LogP contribution is -2.44. The third-order valence-corrected chi connectivity index (χ3v) is 4.44. The zero-order valence-corrected chi connectivity index (χ0v) is 15.4. The second-order valence-electron chi connectivity index (χ2n) is 6.13. The highest BCUT2D eigenvalue weighted by molar-refractivity contribution is 6.08. The number of ether oxygens (including phenoxy) is 1. The number of carbonyl (C=O) groups is 2. The van der Waals surface area contributed by atoms with Crippen LogP contribution in [0, 0.1) is 0 Å². The van der Waals surface area contributed by atoms with Crippen LogP contribution in [-0.2, 0) is 4.79 Å². The molecule has 2 aromatic carbocycles. The molecular weight excluding hydrogens is 340 g/mol. The number of amides is 2. The first kappa shape index (κ1) is 18.5. The Morgan fingerprint density at radius 2 is 1.85 bits per heavy atom. The highest BCUT2D eigenvalue weighted by Gasteiger charge is 2.30. The van der Waals surface area contributed by atoms with Gasteiger partial charge in [0.2, 0.25) is 0 Å². The molecule has 138 valence electrons. The maximum atomic E-state index is 12.9. The molecule has 27 heavy (non-hydrogen) atoms. The fraction of sp³-hybridized carbons (Fsp3) is 0.182. The Labute approximate surface area is 158 Å². The van der Waals surface area contributed by atoms with Gasteiger partial charge in [0.15, 0.2) is 5.78 Å². The number of urea groups is 1. The van der Waals surface area contributed by atoms with E-state index in [0.717, 1.165) is 16.9 Å². The normalized spacial score (nSPS) is 16.8. The minimum Gasteiger partial charge on any atom is -0.497 e. The van der Waals surface area contributed by atoms with E-state index in [-0.39, 0.29) is 11.8 Å². The lowest BCUT2D eigenvalue weighted by Gasteiger charge is -2.31. The standard InChI is InChI=1S/C22H22N2O3/c1-3-24-15-19(21(23-22(24)26)17-7-5-4-6-8-17)20(25)14-11-16-9-12-18(27-2)13-10-16/h4-15,21H,3H2,1-2H3,(H,23,26)/b14-11+. The van der Waals surface area contributed by atoms with Crippen LogP contribution in [-0.4, -0.2) is 30.4 Å². The predicted octanol–water partition coefficient (Wildman–Crippen LogP) is 3.95. The van der Waals surface area contributed by atoms with Gasteiger partial charge in [-0.2, -0.15) is 0 Å². The molecule has 0 radical (unpaired) electrons. The molecule has 0 aliphatic carbocycles. The molecule has 5 heteroatoms. The molecule has 0 saturated carbocycles. The van der Waals surface area contributed by atoms with Crippen molar-refractivity contribution in [3.8, 4) is 5.75 Å². The van der Waals surface area contributed by atoms with Crippen molar-refractivity contribution in [3.05, 3.63) is 83.6 Å². The number of rotatable bonds is 6. The Balaban J connectivity index is 1.87.